The standard InChI is InChI=1S/C16H24N2O3S/c1-3-5-6-8-17-15(20)13-11-22-16(12-7-9-21-10-12)18(13)14(19)4-2/h7,9-10,13,16H,3-6,8,11H2,1-2H3,(H,17,20). The Kier molecular flexibility index (Phi) is 6.36. The van der Waals surface area contributed by atoms with E-state index in [9.17, 15) is 9.59 Å². The van der Waals surface area contributed by atoms with E-state index in [0.29, 0.717) is 18.7 Å². The van der Waals surface area contributed by atoms with Crippen LogP contribution < -0.4 is 5.32 Å². The number of carbonyl (C=O) groups excluding carboxylic acids is 2. The van der Waals surface area contributed by atoms with Gasteiger partial charge in [-0.3, -0.25) is 9.59 Å². The predicted molar refractivity (Wildman–Crippen MR) is 87.4 cm³/mol. The molecular weight excluding hydrogens is 300 g/mol. The van der Waals surface area contributed by atoms with Gasteiger partial charge >= 0.3 is 0 Å². The van der Waals surface area contributed by atoms with Crippen molar-refractivity contribution in [3.8, 4) is 0 Å². The smallest absolute Gasteiger partial charge is 0.243 e. The SMILES string of the molecule is CCCCCNC(=O)C1CSC(c2ccoc2)N1C(=O)CC. The van der Waals surface area contributed by atoms with Crippen LogP contribution in [0.15, 0.2) is 23.0 Å². The van der Waals surface area contributed by atoms with E-state index in [-0.39, 0.29) is 23.2 Å². The molecule has 1 fully saturated rings. The molecule has 5 nitrogen and oxygen atoms in total. The first-order chi connectivity index (χ1) is 10.7. The summed E-state index contributed by atoms with van der Waals surface area (Å²) in [5.41, 5.74) is 0.938. The Hall–Kier alpha value is -1.43. The third kappa shape index (κ3) is 3.85. The molecule has 2 amide bonds. The maximum absolute atomic E-state index is 12.4. The Morgan fingerprint density at radius 2 is 2.23 bits per heavy atom. The van der Waals surface area contributed by atoms with Crippen molar-refractivity contribution < 1.29 is 14.0 Å². The molecule has 2 rings (SSSR count). The lowest BCUT2D eigenvalue weighted by atomic mass is 10.2. The summed E-state index contributed by atoms with van der Waals surface area (Å²) in [5, 5.41) is 2.84. The minimum Gasteiger partial charge on any atom is -0.472 e. The van der Waals surface area contributed by atoms with Gasteiger partial charge in [-0.1, -0.05) is 26.7 Å². The Labute approximate surface area is 135 Å². The van der Waals surface area contributed by atoms with Gasteiger partial charge in [0.1, 0.15) is 11.4 Å². The quantitative estimate of drug-likeness (QED) is 0.783. The summed E-state index contributed by atoms with van der Waals surface area (Å²) in [6.07, 6.45) is 6.86. The highest BCUT2D eigenvalue weighted by Gasteiger charge is 2.41. The molecular formula is C16H24N2O3S. The fourth-order valence-corrected chi connectivity index (χ4v) is 4.00. The molecule has 1 aromatic rings. The van der Waals surface area contributed by atoms with Crippen LogP contribution in [-0.2, 0) is 9.59 Å². The van der Waals surface area contributed by atoms with Gasteiger partial charge in [0.2, 0.25) is 11.8 Å². The van der Waals surface area contributed by atoms with E-state index in [1.54, 1.807) is 29.2 Å². The van der Waals surface area contributed by atoms with Gasteiger partial charge in [-0.2, -0.15) is 0 Å². The zero-order valence-corrected chi connectivity index (χ0v) is 14.0. The molecule has 122 valence electrons. The predicted octanol–water partition coefficient (Wildman–Crippen LogP) is 2.94. The molecule has 0 radical (unpaired) electrons. The zero-order valence-electron chi connectivity index (χ0n) is 13.2. The molecule has 2 unspecified atom stereocenters. The van der Waals surface area contributed by atoms with Crippen LogP contribution in [0.2, 0.25) is 0 Å². The van der Waals surface area contributed by atoms with Crippen molar-refractivity contribution >= 4 is 23.6 Å². The molecule has 0 aromatic carbocycles. The average molecular weight is 324 g/mol. The first-order valence-corrected chi connectivity index (χ1v) is 8.96. The zero-order chi connectivity index (χ0) is 15.9. The Balaban J connectivity index is 2.03. The van der Waals surface area contributed by atoms with E-state index in [2.05, 4.69) is 12.2 Å². The van der Waals surface area contributed by atoms with E-state index in [4.69, 9.17) is 4.42 Å². The number of nitrogens with zero attached hydrogens (tertiary/aromatic N) is 1. The van der Waals surface area contributed by atoms with Gasteiger partial charge in [-0.05, 0) is 12.5 Å². The maximum atomic E-state index is 12.4. The molecule has 0 saturated carbocycles. The Bertz CT molecular complexity index is 490. The summed E-state index contributed by atoms with van der Waals surface area (Å²) in [4.78, 5) is 26.4. The highest BCUT2D eigenvalue weighted by atomic mass is 32.2. The van der Waals surface area contributed by atoms with Gasteiger partial charge in [0.25, 0.3) is 0 Å². The van der Waals surface area contributed by atoms with Gasteiger partial charge in [-0.15, -0.1) is 11.8 Å². The Morgan fingerprint density at radius 3 is 2.86 bits per heavy atom. The summed E-state index contributed by atoms with van der Waals surface area (Å²) in [6.45, 7) is 4.64. The summed E-state index contributed by atoms with van der Waals surface area (Å²) in [5.74, 6) is 0.586. The van der Waals surface area contributed by atoms with Gasteiger partial charge in [0, 0.05) is 24.3 Å². The number of amides is 2. The van der Waals surface area contributed by atoms with Crippen LogP contribution >= 0.6 is 11.8 Å². The molecule has 1 N–H and O–H groups in total. The Morgan fingerprint density at radius 1 is 1.41 bits per heavy atom. The molecule has 1 aliphatic rings. The number of hydrogen-bond donors (Lipinski definition) is 1. The number of nitrogens with one attached hydrogen (secondary N) is 1. The lowest BCUT2D eigenvalue weighted by Gasteiger charge is -2.28. The highest BCUT2D eigenvalue weighted by molar-refractivity contribution is 7.99. The topological polar surface area (TPSA) is 62.6 Å². The van der Waals surface area contributed by atoms with E-state index < -0.39 is 0 Å². The molecule has 1 saturated heterocycles. The normalized spacial score (nSPS) is 21.1. The number of rotatable bonds is 7. The monoisotopic (exact) mass is 324 g/mol. The van der Waals surface area contributed by atoms with Crippen LogP contribution in [-0.4, -0.2) is 35.1 Å². The van der Waals surface area contributed by atoms with E-state index >= 15 is 0 Å². The van der Waals surface area contributed by atoms with Crippen molar-refractivity contribution in [1.82, 2.24) is 10.2 Å². The van der Waals surface area contributed by atoms with Crippen molar-refractivity contribution in [2.45, 2.75) is 50.9 Å². The number of furan rings is 1. The summed E-state index contributed by atoms with van der Waals surface area (Å²) >= 11 is 1.62. The number of unbranched alkanes of at least 4 members (excludes halogenated alkanes) is 2. The van der Waals surface area contributed by atoms with Crippen molar-refractivity contribution in [3.05, 3.63) is 24.2 Å². The molecule has 0 spiro atoms. The summed E-state index contributed by atoms with van der Waals surface area (Å²) in [7, 11) is 0. The average Bonchev–Trinajstić information content (AvgIpc) is 3.18. The third-order valence-corrected chi connectivity index (χ3v) is 5.12. The first kappa shape index (κ1) is 16.9. The molecule has 6 heteroatoms. The van der Waals surface area contributed by atoms with E-state index in [1.165, 1.54) is 0 Å². The second kappa shape index (κ2) is 8.27. The van der Waals surface area contributed by atoms with Crippen LogP contribution in [0.5, 0.6) is 0 Å². The summed E-state index contributed by atoms with van der Waals surface area (Å²) in [6, 6.07) is 1.47. The van der Waals surface area contributed by atoms with Gasteiger partial charge in [0.05, 0.1) is 12.5 Å². The summed E-state index contributed by atoms with van der Waals surface area (Å²) < 4.78 is 5.12. The number of carbonyl (C=O) groups is 2. The fraction of sp³-hybridized carbons (Fsp3) is 0.625. The van der Waals surface area contributed by atoms with E-state index in [0.717, 1.165) is 24.8 Å². The van der Waals surface area contributed by atoms with Gasteiger partial charge in [-0.25, -0.2) is 0 Å². The maximum Gasteiger partial charge on any atom is 0.243 e. The first-order valence-electron chi connectivity index (χ1n) is 7.91. The minimum atomic E-state index is -0.390. The molecule has 1 aliphatic heterocycles. The number of thioether (sulfide) groups is 1. The minimum absolute atomic E-state index is 0.00454. The van der Waals surface area contributed by atoms with Crippen LogP contribution in [0.1, 0.15) is 50.5 Å². The van der Waals surface area contributed by atoms with Crippen LogP contribution in [0.4, 0.5) is 0 Å². The van der Waals surface area contributed by atoms with Gasteiger partial charge in [0.15, 0.2) is 0 Å². The van der Waals surface area contributed by atoms with Crippen molar-refractivity contribution in [2.75, 3.05) is 12.3 Å². The van der Waals surface area contributed by atoms with Crippen molar-refractivity contribution in [1.29, 1.82) is 0 Å². The second-order valence-corrected chi connectivity index (χ2v) is 6.52. The molecule has 2 heterocycles. The lowest BCUT2D eigenvalue weighted by Crippen LogP contribution is -2.47. The van der Waals surface area contributed by atoms with E-state index in [1.807, 2.05) is 13.0 Å². The third-order valence-electron chi connectivity index (χ3n) is 3.80. The van der Waals surface area contributed by atoms with Crippen molar-refractivity contribution in [2.24, 2.45) is 0 Å². The lowest BCUT2D eigenvalue weighted by molar-refractivity contribution is -0.139. The number of hydrogen-bond acceptors (Lipinski definition) is 4. The fourth-order valence-electron chi connectivity index (χ4n) is 2.57. The van der Waals surface area contributed by atoms with Crippen LogP contribution in [0.25, 0.3) is 0 Å². The second-order valence-electron chi connectivity index (χ2n) is 5.41. The molecule has 2 atom stereocenters. The molecule has 22 heavy (non-hydrogen) atoms. The van der Waals surface area contributed by atoms with Crippen LogP contribution in [0.3, 0.4) is 0 Å². The molecule has 0 aliphatic carbocycles. The van der Waals surface area contributed by atoms with Crippen LogP contribution in [0, 0.1) is 0 Å². The molecule has 0 bridgehead atoms. The molecule has 1 aromatic heterocycles. The largest absolute Gasteiger partial charge is 0.472 e. The van der Waals surface area contributed by atoms with Gasteiger partial charge < -0.3 is 14.6 Å². The van der Waals surface area contributed by atoms with Crippen molar-refractivity contribution in [3.63, 3.8) is 0 Å². The highest BCUT2D eigenvalue weighted by Crippen LogP contribution is 2.41.